The number of hydrogen-bond donors (Lipinski definition) is 1. The molecule has 0 bridgehead atoms. The van der Waals surface area contributed by atoms with Gasteiger partial charge in [-0.1, -0.05) is 24.3 Å². The molecular weight excluding hydrogens is 330 g/mol. The van der Waals surface area contributed by atoms with Crippen LogP contribution in [0.3, 0.4) is 0 Å². The molecule has 0 fully saturated rings. The van der Waals surface area contributed by atoms with Crippen molar-refractivity contribution >= 4 is 17.9 Å². The van der Waals surface area contributed by atoms with Gasteiger partial charge in [-0.3, -0.25) is 0 Å². The van der Waals surface area contributed by atoms with Gasteiger partial charge < -0.3 is 19.6 Å². The van der Waals surface area contributed by atoms with Crippen LogP contribution >= 0.6 is 0 Å². The Hall–Kier alpha value is -2.82. The Morgan fingerprint density at radius 1 is 1.23 bits per heavy atom. The number of aryl methyl sites for hydroxylation is 1. The Balaban J connectivity index is 2.00. The molecule has 0 saturated carbocycles. The largest absolute Gasteiger partial charge is 0.497 e. The lowest BCUT2D eigenvalue weighted by Crippen LogP contribution is -2.50. The predicted molar refractivity (Wildman–Crippen MR) is 99.5 cm³/mol. The second kappa shape index (κ2) is 7.60. The predicted octanol–water partition coefficient (Wildman–Crippen LogP) is 3.12. The minimum atomic E-state index is -0.942. The zero-order valence-electron chi connectivity index (χ0n) is 15.0. The van der Waals surface area contributed by atoms with Gasteiger partial charge in [0.1, 0.15) is 18.1 Å². The molecular formula is C21H23NO4. The fourth-order valence-electron chi connectivity index (χ4n) is 3.64. The highest BCUT2D eigenvalue weighted by Crippen LogP contribution is 2.41. The molecule has 0 aliphatic heterocycles. The summed E-state index contributed by atoms with van der Waals surface area (Å²) < 4.78 is 10.5. The number of hydrogen-bond acceptors (Lipinski definition) is 5. The molecule has 2 aromatic carbocycles. The second-order valence-corrected chi connectivity index (χ2v) is 6.37. The van der Waals surface area contributed by atoms with Crippen LogP contribution in [0.2, 0.25) is 0 Å². The van der Waals surface area contributed by atoms with E-state index in [1.54, 1.807) is 26.2 Å². The van der Waals surface area contributed by atoms with Crippen molar-refractivity contribution in [1.82, 2.24) is 0 Å². The molecule has 0 aromatic heterocycles. The molecule has 0 spiro atoms. The topological polar surface area (TPSA) is 64.6 Å². The van der Waals surface area contributed by atoms with Crippen LogP contribution in [-0.4, -0.2) is 32.0 Å². The fourth-order valence-corrected chi connectivity index (χ4v) is 3.64. The first kappa shape index (κ1) is 18.0. The van der Waals surface area contributed by atoms with E-state index < -0.39 is 17.4 Å². The van der Waals surface area contributed by atoms with E-state index in [1.165, 1.54) is 0 Å². The van der Waals surface area contributed by atoms with Crippen molar-refractivity contribution in [2.45, 2.75) is 31.2 Å². The van der Waals surface area contributed by atoms with Gasteiger partial charge in [-0.15, -0.1) is 0 Å². The average Bonchev–Trinajstić information content (AvgIpc) is 3.06. The third-order valence-corrected chi connectivity index (χ3v) is 4.98. The molecule has 1 aliphatic carbocycles. The maximum Gasteiger partial charge on any atom is 0.329 e. The number of fused-ring (bicyclic) bond motifs is 1. The summed E-state index contributed by atoms with van der Waals surface area (Å²) in [6, 6.07) is 14.3. The van der Waals surface area contributed by atoms with Crippen molar-refractivity contribution in [2.24, 2.45) is 0 Å². The molecule has 0 amide bonds. The fraction of sp³-hybridized carbons (Fsp3) is 0.333. The van der Waals surface area contributed by atoms with Crippen molar-refractivity contribution in [3.63, 3.8) is 0 Å². The first-order valence-electron chi connectivity index (χ1n) is 8.76. The lowest BCUT2D eigenvalue weighted by Gasteiger charge is -2.33. The van der Waals surface area contributed by atoms with Gasteiger partial charge in [-0.25, -0.2) is 4.79 Å². The summed E-state index contributed by atoms with van der Waals surface area (Å²) >= 11 is 0. The zero-order valence-corrected chi connectivity index (χ0v) is 15.0. The second-order valence-electron chi connectivity index (χ2n) is 6.37. The molecule has 1 N–H and O–H groups in total. The smallest absolute Gasteiger partial charge is 0.329 e. The normalized spacial score (nSPS) is 19.3. The van der Waals surface area contributed by atoms with E-state index in [2.05, 4.69) is 5.32 Å². The summed E-state index contributed by atoms with van der Waals surface area (Å²) in [5, 5.41) is 3.23. The van der Waals surface area contributed by atoms with E-state index in [1.807, 2.05) is 36.4 Å². The quantitative estimate of drug-likeness (QED) is 0.612. The van der Waals surface area contributed by atoms with Gasteiger partial charge in [0, 0.05) is 5.69 Å². The molecule has 5 nitrogen and oxygen atoms in total. The SMILES string of the molecule is CCOC(=O)[C@@H](Nc1ccc(OC)cc1)[C@]1(C=O)CCc2ccccc21. The number of esters is 1. The average molecular weight is 353 g/mol. The summed E-state index contributed by atoms with van der Waals surface area (Å²) in [6.07, 6.45) is 2.23. The van der Waals surface area contributed by atoms with Crippen molar-refractivity contribution in [2.75, 3.05) is 19.0 Å². The van der Waals surface area contributed by atoms with E-state index in [4.69, 9.17) is 9.47 Å². The van der Waals surface area contributed by atoms with Crippen LogP contribution in [0, 0.1) is 0 Å². The molecule has 2 atom stereocenters. The number of carbonyl (C=O) groups excluding carboxylic acids is 2. The lowest BCUT2D eigenvalue weighted by molar-refractivity contribution is -0.147. The van der Waals surface area contributed by atoms with Gasteiger partial charge in [0.2, 0.25) is 0 Å². The molecule has 5 heteroatoms. The van der Waals surface area contributed by atoms with Crippen molar-refractivity contribution in [3.8, 4) is 5.75 Å². The van der Waals surface area contributed by atoms with Crippen LogP contribution in [0.1, 0.15) is 24.5 Å². The lowest BCUT2D eigenvalue weighted by atomic mass is 9.76. The van der Waals surface area contributed by atoms with Crippen LogP contribution in [0.25, 0.3) is 0 Å². The van der Waals surface area contributed by atoms with Crippen LogP contribution in [0.5, 0.6) is 5.75 Å². The number of benzene rings is 2. The summed E-state index contributed by atoms with van der Waals surface area (Å²) in [5.74, 6) is 0.298. The van der Waals surface area contributed by atoms with E-state index in [0.717, 1.165) is 35.3 Å². The van der Waals surface area contributed by atoms with Crippen molar-refractivity contribution in [1.29, 1.82) is 0 Å². The maximum atomic E-state index is 12.8. The Labute approximate surface area is 153 Å². The first-order valence-corrected chi connectivity index (χ1v) is 8.76. The molecule has 3 rings (SSSR count). The highest BCUT2D eigenvalue weighted by molar-refractivity contribution is 5.90. The number of carbonyl (C=O) groups is 2. The third kappa shape index (κ3) is 3.17. The molecule has 0 heterocycles. The van der Waals surface area contributed by atoms with Crippen LogP contribution < -0.4 is 10.1 Å². The highest BCUT2D eigenvalue weighted by atomic mass is 16.5. The van der Waals surface area contributed by atoms with E-state index in [0.29, 0.717) is 6.42 Å². The number of rotatable bonds is 7. The highest BCUT2D eigenvalue weighted by Gasteiger charge is 2.49. The number of anilines is 1. The Bertz CT molecular complexity index is 787. The van der Waals surface area contributed by atoms with Gasteiger partial charge >= 0.3 is 5.97 Å². The molecule has 2 aromatic rings. The number of nitrogens with one attached hydrogen (secondary N) is 1. The minimum absolute atomic E-state index is 0.260. The summed E-state index contributed by atoms with van der Waals surface area (Å²) in [5.41, 5.74) is 1.79. The van der Waals surface area contributed by atoms with Crippen molar-refractivity contribution < 1.29 is 19.1 Å². The molecule has 136 valence electrons. The van der Waals surface area contributed by atoms with Crippen molar-refractivity contribution in [3.05, 3.63) is 59.7 Å². The zero-order chi connectivity index (χ0) is 18.6. The van der Waals surface area contributed by atoms with E-state index >= 15 is 0 Å². The molecule has 0 radical (unpaired) electrons. The summed E-state index contributed by atoms with van der Waals surface area (Å²) in [4.78, 5) is 25.0. The number of aldehydes is 1. The summed E-state index contributed by atoms with van der Waals surface area (Å²) in [7, 11) is 1.60. The molecule has 0 unspecified atom stereocenters. The standard InChI is InChI=1S/C21H23NO4/c1-3-26-20(24)19(22-16-8-10-17(25-2)11-9-16)21(14-23)13-12-15-6-4-5-7-18(15)21/h4-11,14,19,22H,3,12-13H2,1-2H3/t19-,21+/m1/s1. The maximum absolute atomic E-state index is 12.8. The molecule has 26 heavy (non-hydrogen) atoms. The minimum Gasteiger partial charge on any atom is -0.497 e. The number of methoxy groups -OCH3 is 1. The van der Waals surface area contributed by atoms with Gasteiger partial charge in [-0.05, 0) is 55.2 Å². The first-order chi connectivity index (χ1) is 12.6. The van der Waals surface area contributed by atoms with Crippen LogP contribution in [-0.2, 0) is 26.2 Å². The number of ether oxygens (including phenoxy) is 2. The van der Waals surface area contributed by atoms with Gasteiger partial charge in [0.05, 0.1) is 19.1 Å². The van der Waals surface area contributed by atoms with Crippen LogP contribution in [0.4, 0.5) is 5.69 Å². The van der Waals surface area contributed by atoms with E-state index in [-0.39, 0.29) is 6.61 Å². The molecule has 1 aliphatic rings. The third-order valence-electron chi connectivity index (χ3n) is 4.98. The van der Waals surface area contributed by atoms with Gasteiger partial charge in [0.25, 0.3) is 0 Å². The Morgan fingerprint density at radius 3 is 2.62 bits per heavy atom. The monoisotopic (exact) mass is 353 g/mol. The van der Waals surface area contributed by atoms with E-state index in [9.17, 15) is 9.59 Å². The van der Waals surface area contributed by atoms with Crippen LogP contribution in [0.15, 0.2) is 48.5 Å². The Morgan fingerprint density at radius 2 is 1.96 bits per heavy atom. The molecule has 0 saturated heterocycles. The summed E-state index contributed by atoms with van der Waals surface area (Å²) in [6.45, 7) is 2.02. The van der Waals surface area contributed by atoms with Gasteiger partial charge in [-0.2, -0.15) is 0 Å². The Kier molecular flexibility index (Phi) is 5.26. The van der Waals surface area contributed by atoms with Gasteiger partial charge in [0.15, 0.2) is 0 Å².